The summed E-state index contributed by atoms with van der Waals surface area (Å²) < 4.78 is 64.5. The topological polar surface area (TPSA) is 93.7 Å². The molecule has 7 nitrogen and oxygen atoms in total. The first kappa shape index (κ1) is 28.6. The maximum atomic E-state index is 14.4. The molecule has 0 radical (unpaired) electrons. The van der Waals surface area contributed by atoms with Crippen molar-refractivity contribution in [3.05, 3.63) is 65.5 Å². The van der Waals surface area contributed by atoms with Gasteiger partial charge in [0.1, 0.15) is 18.5 Å². The molecule has 2 amide bonds. The number of benzene rings is 2. The molecule has 0 saturated carbocycles. The van der Waals surface area contributed by atoms with E-state index in [-0.39, 0.29) is 19.6 Å². The van der Waals surface area contributed by atoms with Gasteiger partial charge in [-0.15, -0.1) is 0 Å². The first-order valence-electron chi connectivity index (χ1n) is 11.2. The van der Waals surface area contributed by atoms with Crippen LogP contribution in [-0.2, 0) is 32.1 Å². The van der Waals surface area contributed by atoms with E-state index in [9.17, 15) is 31.9 Å². The van der Waals surface area contributed by atoms with E-state index >= 15 is 0 Å². The van der Waals surface area contributed by atoms with Gasteiger partial charge in [0.05, 0.1) is 24.1 Å². The lowest BCUT2D eigenvalue weighted by molar-refractivity contribution is -0.178. The number of ether oxygens (including phenoxy) is 2. The summed E-state index contributed by atoms with van der Waals surface area (Å²) in [7, 11) is 0. The molecule has 0 heterocycles. The van der Waals surface area contributed by atoms with Crippen LogP contribution in [0.5, 0.6) is 0 Å². The summed E-state index contributed by atoms with van der Waals surface area (Å²) in [5.74, 6) is -5.54. The standard InChI is InChI=1S/C25H28F4N2O5/c1-4-35-23(33)15(2)12-18-10-11-19(26)20(13-18)30-22(32)21(16(3)25(27,28)29)31-24(34)36-14-17-8-6-5-7-9-17/h5-11,13,15-16,21H,4,12,14H2,1-3H3,(H,30,32)(H,31,34)/t15-,16?,21?/m1/s1. The third-order valence-corrected chi connectivity index (χ3v) is 5.30. The number of alkyl carbamates (subject to hydrolysis) is 1. The minimum Gasteiger partial charge on any atom is -0.466 e. The van der Waals surface area contributed by atoms with Crippen LogP contribution in [0.25, 0.3) is 0 Å². The number of amides is 2. The molecular weight excluding hydrogens is 484 g/mol. The smallest absolute Gasteiger partial charge is 0.408 e. The van der Waals surface area contributed by atoms with Gasteiger partial charge in [-0.05, 0) is 36.6 Å². The van der Waals surface area contributed by atoms with Gasteiger partial charge < -0.3 is 20.1 Å². The second-order valence-electron chi connectivity index (χ2n) is 8.17. The summed E-state index contributed by atoms with van der Waals surface area (Å²) in [6.45, 7) is 3.94. The quantitative estimate of drug-likeness (QED) is 0.345. The summed E-state index contributed by atoms with van der Waals surface area (Å²) in [6, 6.07) is 9.93. The average Bonchev–Trinajstić information content (AvgIpc) is 2.83. The van der Waals surface area contributed by atoms with E-state index in [1.54, 1.807) is 44.2 Å². The zero-order chi connectivity index (χ0) is 26.9. The van der Waals surface area contributed by atoms with E-state index < -0.39 is 53.5 Å². The summed E-state index contributed by atoms with van der Waals surface area (Å²) in [4.78, 5) is 36.8. The van der Waals surface area contributed by atoms with Crippen molar-refractivity contribution in [3.8, 4) is 0 Å². The fourth-order valence-electron chi connectivity index (χ4n) is 3.23. The van der Waals surface area contributed by atoms with Crippen LogP contribution in [0.2, 0.25) is 0 Å². The second-order valence-corrected chi connectivity index (χ2v) is 8.17. The number of hydrogen-bond donors (Lipinski definition) is 2. The Balaban J connectivity index is 2.16. The van der Waals surface area contributed by atoms with Crippen LogP contribution >= 0.6 is 0 Å². The Morgan fingerprint density at radius 3 is 2.25 bits per heavy atom. The normalized spacial score (nSPS) is 13.8. The molecular formula is C25H28F4N2O5. The molecule has 0 aromatic heterocycles. The Morgan fingerprint density at radius 2 is 1.64 bits per heavy atom. The molecule has 0 aliphatic carbocycles. The SMILES string of the molecule is CCOC(=O)[C@H](C)Cc1ccc(F)c(NC(=O)C(NC(=O)OCc2ccccc2)C(C)C(F)(F)F)c1. The van der Waals surface area contributed by atoms with Gasteiger partial charge in [-0.1, -0.05) is 50.2 Å². The Morgan fingerprint density at radius 1 is 0.972 bits per heavy atom. The Bertz CT molecular complexity index is 1050. The van der Waals surface area contributed by atoms with E-state index in [2.05, 4.69) is 5.32 Å². The maximum Gasteiger partial charge on any atom is 0.408 e. The number of carbonyl (C=O) groups excluding carboxylic acids is 3. The second kappa shape index (κ2) is 12.9. The summed E-state index contributed by atoms with van der Waals surface area (Å²) in [5.41, 5.74) is 0.642. The van der Waals surface area contributed by atoms with Crippen LogP contribution in [-0.4, -0.2) is 36.8 Å². The molecule has 2 aromatic carbocycles. The van der Waals surface area contributed by atoms with Gasteiger partial charge in [-0.2, -0.15) is 13.2 Å². The van der Waals surface area contributed by atoms with Crippen molar-refractivity contribution in [3.63, 3.8) is 0 Å². The lowest BCUT2D eigenvalue weighted by Crippen LogP contribution is -2.52. The zero-order valence-corrected chi connectivity index (χ0v) is 20.0. The highest BCUT2D eigenvalue weighted by molar-refractivity contribution is 5.97. The van der Waals surface area contributed by atoms with Crippen molar-refractivity contribution < 1.29 is 41.4 Å². The fourth-order valence-corrected chi connectivity index (χ4v) is 3.23. The largest absolute Gasteiger partial charge is 0.466 e. The first-order chi connectivity index (χ1) is 16.9. The number of esters is 1. The van der Waals surface area contributed by atoms with Crippen molar-refractivity contribution in [1.29, 1.82) is 0 Å². The Labute approximate surface area is 206 Å². The van der Waals surface area contributed by atoms with Crippen molar-refractivity contribution >= 4 is 23.7 Å². The molecule has 0 bridgehead atoms. The molecule has 196 valence electrons. The van der Waals surface area contributed by atoms with Crippen LogP contribution in [0.3, 0.4) is 0 Å². The molecule has 3 atom stereocenters. The number of nitrogens with one attached hydrogen (secondary N) is 2. The van der Waals surface area contributed by atoms with Crippen LogP contribution in [0, 0.1) is 17.7 Å². The number of rotatable bonds is 10. The van der Waals surface area contributed by atoms with Gasteiger partial charge >= 0.3 is 18.2 Å². The predicted molar refractivity (Wildman–Crippen MR) is 123 cm³/mol. The Kier molecular flexibility index (Phi) is 10.2. The van der Waals surface area contributed by atoms with E-state index in [0.29, 0.717) is 11.1 Å². The van der Waals surface area contributed by atoms with Gasteiger partial charge in [0.15, 0.2) is 0 Å². The van der Waals surface area contributed by atoms with Gasteiger partial charge in [0.2, 0.25) is 5.91 Å². The third-order valence-electron chi connectivity index (χ3n) is 5.30. The van der Waals surface area contributed by atoms with E-state index in [1.807, 2.05) is 5.32 Å². The molecule has 0 spiro atoms. The van der Waals surface area contributed by atoms with Crippen molar-refractivity contribution in [2.24, 2.45) is 11.8 Å². The molecule has 0 fully saturated rings. The van der Waals surface area contributed by atoms with Gasteiger partial charge in [-0.25, -0.2) is 9.18 Å². The van der Waals surface area contributed by atoms with Crippen molar-refractivity contribution in [2.45, 2.75) is 46.0 Å². The van der Waals surface area contributed by atoms with Crippen LogP contribution < -0.4 is 10.6 Å². The van der Waals surface area contributed by atoms with Crippen LogP contribution in [0.15, 0.2) is 48.5 Å². The monoisotopic (exact) mass is 512 g/mol. The number of halogens is 4. The molecule has 0 aliphatic heterocycles. The lowest BCUT2D eigenvalue weighted by Gasteiger charge is -2.26. The minimum atomic E-state index is -4.84. The molecule has 2 rings (SSSR count). The molecule has 0 aliphatic rings. The molecule has 36 heavy (non-hydrogen) atoms. The number of anilines is 1. The fraction of sp³-hybridized carbons (Fsp3) is 0.400. The van der Waals surface area contributed by atoms with Gasteiger partial charge in [-0.3, -0.25) is 9.59 Å². The van der Waals surface area contributed by atoms with E-state index in [0.717, 1.165) is 13.0 Å². The third kappa shape index (κ3) is 8.54. The molecule has 2 N–H and O–H groups in total. The van der Waals surface area contributed by atoms with Crippen molar-refractivity contribution in [1.82, 2.24) is 5.32 Å². The number of hydrogen-bond acceptors (Lipinski definition) is 5. The van der Waals surface area contributed by atoms with Crippen molar-refractivity contribution in [2.75, 3.05) is 11.9 Å². The molecule has 11 heteroatoms. The zero-order valence-electron chi connectivity index (χ0n) is 20.0. The highest BCUT2D eigenvalue weighted by atomic mass is 19.4. The molecule has 0 saturated heterocycles. The van der Waals surface area contributed by atoms with Crippen LogP contribution in [0.1, 0.15) is 31.9 Å². The summed E-state index contributed by atoms with van der Waals surface area (Å²) in [5, 5.41) is 4.04. The highest BCUT2D eigenvalue weighted by Gasteiger charge is 2.45. The highest BCUT2D eigenvalue weighted by Crippen LogP contribution is 2.29. The summed E-state index contributed by atoms with van der Waals surface area (Å²) in [6.07, 6.45) is -5.94. The minimum absolute atomic E-state index is 0.147. The Hall–Kier alpha value is -3.63. The van der Waals surface area contributed by atoms with Gasteiger partial charge in [0, 0.05) is 0 Å². The molecule has 2 unspecified atom stereocenters. The summed E-state index contributed by atoms with van der Waals surface area (Å²) >= 11 is 0. The van der Waals surface area contributed by atoms with E-state index in [4.69, 9.17) is 9.47 Å². The van der Waals surface area contributed by atoms with Crippen LogP contribution in [0.4, 0.5) is 28.0 Å². The van der Waals surface area contributed by atoms with E-state index in [1.165, 1.54) is 12.1 Å². The maximum absolute atomic E-state index is 14.4. The van der Waals surface area contributed by atoms with Gasteiger partial charge in [0.25, 0.3) is 0 Å². The predicted octanol–water partition coefficient (Wildman–Crippen LogP) is 5.00. The first-order valence-corrected chi connectivity index (χ1v) is 11.2. The lowest BCUT2D eigenvalue weighted by atomic mass is 9.99. The number of alkyl halides is 3. The molecule has 2 aromatic rings. The average molecular weight is 513 g/mol. The number of carbonyl (C=O) groups is 3.